The molecule has 0 atom stereocenters. The van der Waals surface area contributed by atoms with Crippen molar-refractivity contribution in [3.8, 4) is 17.2 Å². The van der Waals surface area contributed by atoms with E-state index in [9.17, 15) is 9.59 Å². The summed E-state index contributed by atoms with van der Waals surface area (Å²) in [5.74, 6) is 1.23. The van der Waals surface area contributed by atoms with E-state index in [4.69, 9.17) is 14.2 Å². The average Bonchev–Trinajstić information content (AvgIpc) is 3.01. The fraction of sp³-hybridized carbons (Fsp3) is 0.222. The van der Waals surface area contributed by atoms with E-state index in [1.165, 1.54) is 28.8 Å². The van der Waals surface area contributed by atoms with Crippen LogP contribution in [0, 0.1) is 20.8 Å². The van der Waals surface area contributed by atoms with E-state index in [0.717, 1.165) is 22.3 Å². The summed E-state index contributed by atoms with van der Waals surface area (Å²) in [5, 5.41) is 5.77. The summed E-state index contributed by atoms with van der Waals surface area (Å²) in [5.41, 5.74) is 7.62. The van der Waals surface area contributed by atoms with Gasteiger partial charge < -0.3 is 24.8 Å². The fourth-order valence-corrected chi connectivity index (χ4v) is 4.33. The fourth-order valence-electron chi connectivity index (χ4n) is 4.33. The Kier molecular flexibility index (Phi) is 12.4. The van der Waals surface area contributed by atoms with Gasteiger partial charge in [-0.15, -0.1) is 0 Å². The zero-order valence-electron chi connectivity index (χ0n) is 25.7. The molecule has 43 heavy (non-hydrogen) atoms. The molecule has 2 amide bonds. The number of rotatable bonds is 13. The van der Waals surface area contributed by atoms with Gasteiger partial charge in [0.2, 0.25) is 17.6 Å². The SMILES string of the molecule is COc1cc(/C=C/C=C/C(=O)NCc2cccc(CNC(=O)/C=C/C=C/c3cc(C)c(C)c(C)c3)c2)cc(OC)c1OC. The number of carbonyl (C=O) groups excluding carboxylic acids is 2. The second-order valence-corrected chi connectivity index (χ2v) is 9.93. The maximum absolute atomic E-state index is 12.3. The topological polar surface area (TPSA) is 85.9 Å². The quantitative estimate of drug-likeness (QED) is 0.180. The van der Waals surface area contributed by atoms with Crippen LogP contribution in [0.15, 0.2) is 85.0 Å². The first-order valence-corrected chi connectivity index (χ1v) is 13.9. The number of hydrogen-bond acceptors (Lipinski definition) is 5. The number of carbonyl (C=O) groups is 2. The zero-order chi connectivity index (χ0) is 31.2. The summed E-state index contributed by atoms with van der Waals surface area (Å²) in [6, 6.07) is 15.6. The Labute approximate surface area is 254 Å². The van der Waals surface area contributed by atoms with Gasteiger partial charge in [-0.2, -0.15) is 0 Å². The molecule has 0 aromatic heterocycles. The molecule has 0 aliphatic rings. The van der Waals surface area contributed by atoms with Crippen LogP contribution in [0.25, 0.3) is 12.2 Å². The Hall–Kier alpha value is -5.04. The average molecular weight is 581 g/mol. The lowest BCUT2D eigenvalue weighted by atomic mass is 10.0. The number of methoxy groups -OCH3 is 3. The normalized spacial score (nSPS) is 11.5. The number of nitrogens with one attached hydrogen (secondary N) is 2. The Morgan fingerprint density at radius 2 is 1.12 bits per heavy atom. The summed E-state index contributed by atoms with van der Waals surface area (Å²) >= 11 is 0. The molecule has 0 heterocycles. The van der Waals surface area contributed by atoms with Crippen molar-refractivity contribution in [2.24, 2.45) is 0 Å². The molecular formula is C36H40N2O5. The molecule has 7 nitrogen and oxygen atoms in total. The predicted octanol–water partition coefficient (Wildman–Crippen LogP) is 6.41. The molecule has 7 heteroatoms. The molecule has 3 aromatic rings. The standard InChI is InChI=1S/C36H40N2O5/c1-25-18-28(19-26(2)27(25)3)12-7-9-16-34(39)37-23-30-14-11-15-31(20-30)24-38-35(40)17-10-8-13-29-21-32(41-4)36(43-6)33(22-29)42-5/h7-22H,23-24H2,1-6H3,(H,37,39)(H,38,40)/b12-7+,13-8+,16-9+,17-10+. The van der Waals surface area contributed by atoms with Crippen LogP contribution in [0.3, 0.4) is 0 Å². The first-order chi connectivity index (χ1) is 20.7. The van der Waals surface area contributed by atoms with Gasteiger partial charge in [0.05, 0.1) is 21.3 Å². The van der Waals surface area contributed by atoms with E-state index >= 15 is 0 Å². The molecule has 0 unspecified atom stereocenters. The molecule has 0 saturated heterocycles. The summed E-state index contributed by atoms with van der Waals surface area (Å²) < 4.78 is 16.1. The van der Waals surface area contributed by atoms with E-state index in [0.29, 0.717) is 30.3 Å². The number of amides is 2. The van der Waals surface area contributed by atoms with Crippen molar-refractivity contribution in [3.05, 3.63) is 124 Å². The molecule has 224 valence electrons. The Bertz CT molecular complexity index is 1500. The molecule has 0 fully saturated rings. The minimum absolute atomic E-state index is 0.177. The minimum Gasteiger partial charge on any atom is -0.493 e. The van der Waals surface area contributed by atoms with Gasteiger partial charge in [0.25, 0.3) is 0 Å². The van der Waals surface area contributed by atoms with Crippen molar-refractivity contribution < 1.29 is 23.8 Å². The molecule has 0 saturated carbocycles. The summed E-state index contributed by atoms with van der Waals surface area (Å²) in [6.07, 6.45) is 13.8. The second-order valence-electron chi connectivity index (χ2n) is 9.93. The molecule has 0 aliphatic carbocycles. The van der Waals surface area contributed by atoms with Gasteiger partial charge in [0, 0.05) is 25.2 Å². The van der Waals surface area contributed by atoms with Crippen molar-refractivity contribution in [2.45, 2.75) is 33.9 Å². The highest BCUT2D eigenvalue weighted by Gasteiger charge is 2.11. The Morgan fingerprint density at radius 3 is 1.56 bits per heavy atom. The highest BCUT2D eigenvalue weighted by atomic mass is 16.5. The van der Waals surface area contributed by atoms with Crippen molar-refractivity contribution in [3.63, 3.8) is 0 Å². The van der Waals surface area contributed by atoms with Crippen molar-refractivity contribution in [1.82, 2.24) is 10.6 Å². The van der Waals surface area contributed by atoms with Gasteiger partial charge in [-0.1, -0.05) is 72.9 Å². The van der Waals surface area contributed by atoms with Gasteiger partial charge in [0.15, 0.2) is 11.5 Å². The summed E-state index contributed by atoms with van der Waals surface area (Å²) in [6.45, 7) is 7.07. The van der Waals surface area contributed by atoms with Crippen LogP contribution in [0.2, 0.25) is 0 Å². The number of aryl methyl sites for hydroxylation is 2. The molecule has 0 spiro atoms. The van der Waals surface area contributed by atoms with Crippen LogP contribution in [0.5, 0.6) is 17.2 Å². The third-order valence-electron chi connectivity index (χ3n) is 6.86. The van der Waals surface area contributed by atoms with Crippen LogP contribution in [0.4, 0.5) is 0 Å². The van der Waals surface area contributed by atoms with Crippen LogP contribution in [0.1, 0.15) is 38.9 Å². The van der Waals surface area contributed by atoms with Crippen molar-refractivity contribution in [1.29, 1.82) is 0 Å². The lowest BCUT2D eigenvalue weighted by Gasteiger charge is -2.12. The van der Waals surface area contributed by atoms with E-state index in [1.807, 2.05) is 54.6 Å². The third kappa shape index (κ3) is 10.1. The second kappa shape index (κ2) is 16.4. The molecule has 2 N–H and O–H groups in total. The van der Waals surface area contributed by atoms with Crippen molar-refractivity contribution in [2.75, 3.05) is 21.3 Å². The van der Waals surface area contributed by atoms with Gasteiger partial charge in [-0.3, -0.25) is 9.59 Å². The van der Waals surface area contributed by atoms with Gasteiger partial charge in [-0.25, -0.2) is 0 Å². The largest absolute Gasteiger partial charge is 0.493 e. The van der Waals surface area contributed by atoms with Crippen LogP contribution in [-0.4, -0.2) is 33.1 Å². The van der Waals surface area contributed by atoms with E-state index < -0.39 is 0 Å². The highest BCUT2D eigenvalue weighted by molar-refractivity contribution is 5.88. The van der Waals surface area contributed by atoms with Gasteiger partial charge >= 0.3 is 0 Å². The van der Waals surface area contributed by atoms with Crippen LogP contribution < -0.4 is 24.8 Å². The Balaban J connectivity index is 1.46. The maximum atomic E-state index is 12.3. The summed E-state index contributed by atoms with van der Waals surface area (Å²) in [7, 11) is 4.68. The molecule has 3 aromatic carbocycles. The lowest BCUT2D eigenvalue weighted by Crippen LogP contribution is -2.21. The molecule has 0 aliphatic heterocycles. The van der Waals surface area contributed by atoms with Gasteiger partial charge in [-0.05, 0) is 71.8 Å². The zero-order valence-corrected chi connectivity index (χ0v) is 25.7. The van der Waals surface area contributed by atoms with E-state index in [1.54, 1.807) is 39.6 Å². The molecule has 3 rings (SSSR count). The van der Waals surface area contributed by atoms with Crippen LogP contribution >= 0.6 is 0 Å². The Morgan fingerprint density at radius 1 is 0.651 bits per heavy atom. The van der Waals surface area contributed by atoms with Crippen LogP contribution in [-0.2, 0) is 22.7 Å². The molecule has 0 bridgehead atoms. The van der Waals surface area contributed by atoms with E-state index in [-0.39, 0.29) is 11.8 Å². The first-order valence-electron chi connectivity index (χ1n) is 13.9. The third-order valence-corrected chi connectivity index (χ3v) is 6.86. The lowest BCUT2D eigenvalue weighted by molar-refractivity contribution is -0.117. The highest BCUT2D eigenvalue weighted by Crippen LogP contribution is 2.38. The minimum atomic E-state index is -0.220. The maximum Gasteiger partial charge on any atom is 0.244 e. The predicted molar refractivity (Wildman–Crippen MR) is 173 cm³/mol. The molecule has 0 radical (unpaired) electrons. The first kappa shape index (κ1) is 32.5. The monoisotopic (exact) mass is 580 g/mol. The summed E-state index contributed by atoms with van der Waals surface area (Å²) in [4.78, 5) is 24.6. The van der Waals surface area contributed by atoms with E-state index in [2.05, 4.69) is 43.5 Å². The number of allylic oxidation sites excluding steroid dienone is 4. The number of ether oxygens (including phenoxy) is 3. The number of hydrogen-bond donors (Lipinski definition) is 2. The number of benzene rings is 3. The van der Waals surface area contributed by atoms with Crippen molar-refractivity contribution >= 4 is 24.0 Å². The smallest absolute Gasteiger partial charge is 0.244 e. The van der Waals surface area contributed by atoms with Gasteiger partial charge in [0.1, 0.15) is 0 Å². The molecular weight excluding hydrogens is 540 g/mol.